The lowest BCUT2D eigenvalue weighted by molar-refractivity contribution is -0.136. The van der Waals surface area contributed by atoms with Gasteiger partial charge in [-0.25, -0.2) is 13.6 Å². The van der Waals surface area contributed by atoms with Gasteiger partial charge in [-0.05, 0) is 56.2 Å². The zero-order valence-electron chi connectivity index (χ0n) is 13.7. The maximum Gasteiger partial charge on any atom is 0.338 e. The second-order valence-corrected chi connectivity index (χ2v) is 7.78. The fraction of sp³-hybridized carbons (Fsp3) is 0.526. The van der Waals surface area contributed by atoms with Gasteiger partial charge in [-0.1, -0.05) is 18.2 Å². The van der Waals surface area contributed by atoms with Crippen molar-refractivity contribution in [2.45, 2.75) is 55.1 Å². The van der Waals surface area contributed by atoms with E-state index in [9.17, 15) is 13.6 Å². The minimum atomic E-state index is -1.44. The molecule has 0 heterocycles. The van der Waals surface area contributed by atoms with Crippen LogP contribution in [0, 0.1) is 5.92 Å². The van der Waals surface area contributed by atoms with E-state index in [1.807, 2.05) is 36.0 Å². The number of rotatable bonds is 6. The van der Waals surface area contributed by atoms with E-state index in [1.54, 1.807) is 13.0 Å². The SMILES string of the molecule is CCOC(=O)/C(=C/C1CC(F)C(F)C1)c1ccc(SC2CC2)cc1. The molecule has 2 fully saturated rings. The van der Waals surface area contributed by atoms with Gasteiger partial charge in [0.15, 0.2) is 0 Å². The normalized spacial score (nSPS) is 27.3. The Morgan fingerprint density at radius 3 is 2.38 bits per heavy atom. The number of hydrogen-bond donors (Lipinski definition) is 0. The van der Waals surface area contributed by atoms with Crippen molar-refractivity contribution < 1.29 is 18.3 Å². The van der Waals surface area contributed by atoms with Gasteiger partial charge in [-0.3, -0.25) is 0 Å². The fourth-order valence-electron chi connectivity index (χ4n) is 2.92. The summed E-state index contributed by atoms with van der Waals surface area (Å²) in [6.45, 7) is 2.02. The lowest BCUT2D eigenvalue weighted by atomic mass is 9.98. The Kier molecular flexibility index (Phi) is 5.59. The first-order valence-electron chi connectivity index (χ1n) is 8.51. The smallest absolute Gasteiger partial charge is 0.338 e. The van der Waals surface area contributed by atoms with Crippen molar-refractivity contribution in [2.24, 2.45) is 5.92 Å². The van der Waals surface area contributed by atoms with Crippen molar-refractivity contribution in [1.29, 1.82) is 0 Å². The third-order valence-electron chi connectivity index (χ3n) is 4.34. The molecule has 1 aromatic rings. The number of carbonyl (C=O) groups is 1. The van der Waals surface area contributed by atoms with E-state index in [4.69, 9.17) is 4.74 Å². The monoisotopic (exact) mass is 352 g/mol. The highest BCUT2D eigenvalue weighted by Crippen LogP contribution is 2.39. The summed E-state index contributed by atoms with van der Waals surface area (Å²) in [6.07, 6.45) is 1.58. The summed E-state index contributed by atoms with van der Waals surface area (Å²) in [7, 11) is 0. The van der Waals surface area contributed by atoms with Crippen LogP contribution in [-0.4, -0.2) is 30.2 Å². The predicted octanol–water partition coefficient (Wildman–Crippen LogP) is 4.97. The summed E-state index contributed by atoms with van der Waals surface area (Å²) in [5.74, 6) is -0.701. The van der Waals surface area contributed by atoms with E-state index in [2.05, 4.69) is 0 Å². The molecule has 0 aliphatic heterocycles. The minimum Gasteiger partial charge on any atom is -0.462 e. The number of thioether (sulfide) groups is 1. The third-order valence-corrected chi connectivity index (χ3v) is 5.69. The Bertz CT molecular complexity index is 600. The average Bonchev–Trinajstić information content (AvgIpc) is 3.31. The molecule has 2 aliphatic carbocycles. The molecule has 1 aromatic carbocycles. The molecule has 2 saturated carbocycles. The molecular formula is C19H22F2O2S. The molecule has 0 radical (unpaired) electrons. The molecule has 0 saturated heterocycles. The van der Waals surface area contributed by atoms with Crippen LogP contribution < -0.4 is 0 Å². The number of halogens is 2. The van der Waals surface area contributed by atoms with Crippen molar-refractivity contribution in [3.05, 3.63) is 35.9 Å². The first-order valence-corrected chi connectivity index (χ1v) is 9.39. The van der Waals surface area contributed by atoms with Crippen LogP contribution in [0.3, 0.4) is 0 Å². The van der Waals surface area contributed by atoms with Gasteiger partial charge in [0.1, 0.15) is 12.3 Å². The van der Waals surface area contributed by atoms with E-state index in [0.717, 1.165) is 10.8 Å². The molecule has 2 atom stereocenters. The highest BCUT2D eigenvalue weighted by molar-refractivity contribution is 8.00. The van der Waals surface area contributed by atoms with Crippen molar-refractivity contribution >= 4 is 23.3 Å². The molecule has 0 bridgehead atoms. The molecule has 24 heavy (non-hydrogen) atoms. The summed E-state index contributed by atoms with van der Waals surface area (Å²) in [4.78, 5) is 13.5. The summed E-state index contributed by atoms with van der Waals surface area (Å²) in [5, 5.41) is 0.720. The number of hydrogen-bond acceptors (Lipinski definition) is 3. The minimum absolute atomic E-state index is 0.125. The largest absolute Gasteiger partial charge is 0.462 e. The zero-order chi connectivity index (χ0) is 17.1. The molecule has 2 aliphatic rings. The van der Waals surface area contributed by atoms with Gasteiger partial charge in [0.2, 0.25) is 0 Å². The van der Waals surface area contributed by atoms with Crippen LogP contribution >= 0.6 is 11.8 Å². The van der Waals surface area contributed by atoms with Crippen LogP contribution in [0.15, 0.2) is 35.2 Å². The second-order valence-electron chi connectivity index (χ2n) is 6.41. The van der Waals surface area contributed by atoms with Gasteiger partial charge in [0.25, 0.3) is 0 Å². The number of carbonyl (C=O) groups excluding carboxylic acids is 1. The van der Waals surface area contributed by atoms with Gasteiger partial charge in [-0.15, -0.1) is 11.8 Å². The molecule has 0 spiro atoms. The number of alkyl halides is 2. The average molecular weight is 352 g/mol. The summed E-state index contributed by atoms with van der Waals surface area (Å²) >= 11 is 1.85. The molecule has 0 N–H and O–H groups in total. The van der Waals surface area contributed by atoms with E-state index < -0.39 is 18.3 Å². The van der Waals surface area contributed by atoms with Crippen LogP contribution in [0.1, 0.15) is 38.2 Å². The lowest BCUT2D eigenvalue weighted by Gasteiger charge is -2.11. The van der Waals surface area contributed by atoms with Crippen LogP contribution in [-0.2, 0) is 9.53 Å². The number of allylic oxidation sites excluding steroid dienone is 1. The second kappa shape index (κ2) is 7.68. The number of benzene rings is 1. The maximum atomic E-state index is 13.4. The van der Waals surface area contributed by atoms with Crippen LogP contribution in [0.25, 0.3) is 5.57 Å². The van der Waals surface area contributed by atoms with Crippen molar-refractivity contribution in [3.8, 4) is 0 Å². The van der Waals surface area contributed by atoms with Gasteiger partial charge in [0.05, 0.1) is 12.2 Å². The first-order chi connectivity index (χ1) is 11.6. The van der Waals surface area contributed by atoms with Crippen molar-refractivity contribution in [1.82, 2.24) is 0 Å². The summed E-state index contributed by atoms with van der Waals surface area (Å²) in [6, 6.07) is 7.77. The maximum absolute atomic E-state index is 13.4. The number of esters is 1. The molecule has 2 unspecified atom stereocenters. The molecule has 130 valence electrons. The van der Waals surface area contributed by atoms with Gasteiger partial charge >= 0.3 is 5.97 Å². The Morgan fingerprint density at radius 2 is 1.83 bits per heavy atom. The third kappa shape index (κ3) is 4.38. The van der Waals surface area contributed by atoms with Crippen LogP contribution in [0.4, 0.5) is 8.78 Å². The van der Waals surface area contributed by atoms with Crippen molar-refractivity contribution in [2.75, 3.05) is 6.61 Å². The summed E-state index contributed by atoms with van der Waals surface area (Å²) in [5.41, 5.74) is 1.15. The predicted molar refractivity (Wildman–Crippen MR) is 92.4 cm³/mol. The Hall–Kier alpha value is -1.36. The van der Waals surface area contributed by atoms with Crippen LogP contribution in [0.2, 0.25) is 0 Å². The Labute approximate surface area is 145 Å². The van der Waals surface area contributed by atoms with E-state index in [0.29, 0.717) is 5.57 Å². The molecule has 0 aromatic heterocycles. The Balaban J connectivity index is 1.79. The standard InChI is InChI=1S/C19H22F2O2S/c1-2-23-19(22)16(9-12-10-17(20)18(21)11-12)13-3-5-14(6-4-13)24-15-7-8-15/h3-6,9,12,15,17-18H,2,7-8,10-11H2,1H3/b16-9+. The fourth-order valence-corrected chi connectivity index (χ4v) is 3.97. The topological polar surface area (TPSA) is 26.3 Å². The van der Waals surface area contributed by atoms with Gasteiger partial charge in [0, 0.05) is 10.1 Å². The molecular weight excluding hydrogens is 330 g/mol. The zero-order valence-corrected chi connectivity index (χ0v) is 14.5. The highest BCUT2D eigenvalue weighted by Gasteiger charge is 2.34. The number of ether oxygens (including phenoxy) is 1. The molecule has 5 heteroatoms. The van der Waals surface area contributed by atoms with E-state index >= 15 is 0 Å². The van der Waals surface area contributed by atoms with Gasteiger partial charge in [-0.2, -0.15) is 0 Å². The van der Waals surface area contributed by atoms with Crippen LogP contribution in [0.5, 0.6) is 0 Å². The van der Waals surface area contributed by atoms with Crippen molar-refractivity contribution in [3.63, 3.8) is 0 Å². The first kappa shape index (κ1) is 17.5. The van der Waals surface area contributed by atoms with E-state index in [1.165, 1.54) is 17.7 Å². The van der Waals surface area contributed by atoms with Gasteiger partial charge < -0.3 is 4.74 Å². The molecule has 2 nitrogen and oxygen atoms in total. The lowest BCUT2D eigenvalue weighted by Crippen LogP contribution is -2.08. The molecule has 3 rings (SSSR count). The quantitative estimate of drug-likeness (QED) is 0.534. The van der Waals surface area contributed by atoms with E-state index in [-0.39, 0.29) is 25.4 Å². The highest BCUT2D eigenvalue weighted by atomic mass is 32.2. The Morgan fingerprint density at radius 1 is 1.21 bits per heavy atom. The molecule has 0 amide bonds. The summed E-state index contributed by atoms with van der Waals surface area (Å²) < 4.78 is 32.0.